The number of rotatable bonds is 8. The lowest BCUT2D eigenvalue weighted by Gasteiger charge is -2.33. The van der Waals surface area contributed by atoms with Crippen molar-refractivity contribution in [1.82, 2.24) is 10.2 Å². The van der Waals surface area contributed by atoms with Crippen molar-refractivity contribution in [3.8, 4) is 0 Å². The first-order valence-electron chi connectivity index (χ1n) is 9.43. The summed E-state index contributed by atoms with van der Waals surface area (Å²) in [6, 6.07) is 0.646. The summed E-state index contributed by atoms with van der Waals surface area (Å²) in [5.41, 5.74) is 0.367. The third-order valence-corrected chi connectivity index (χ3v) is 5.06. The Kier molecular flexibility index (Phi) is 8.89. The Labute approximate surface area is 134 Å². The molecule has 2 atom stereocenters. The van der Waals surface area contributed by atoms with Gasteiger partial charge < -0.3 is 10.2 Å². The number of hydrogen-bond acceptors (Lipinski definition) is 2. The second-order valence-electron chi connectivity index (χ2n) is 8.09. The van der Waals surface area contributed by atoms with E-state index in [1.165, 1.54) is 64.6 Å². The summed E-state index contributed by atoms with van der Waals surface area (Å²) in [7, 11) is 0. The molecule has 1 rings (SSSR count). The van der Waals surface area contributed by atoms with Crippen molar-refractivity contribution in [1.29, 1.82) is 0 Å². The minimum absolute atomic E-state index is 0.367. The molecular formula is C19H40N2. The predicted molar refractivity (Wildman–Crippen MR) is 94.8 cm³/mol. The molecule has 0 aromatic heterocycles. The highest BCUT2D eigenvalue weighted by Gasteiger charge is 2.25. The van der Waals surface area contributed by atoms with Crippen LogP contribution in [0.15, 0.2) is 0 Å². The predicted octanol–water partition coefficient (Wildman–Crippen LogP) is 4.69. The minimum atomic E-state index is 0.367. The highest BCUT2D eigenvalue weighted by atomic mass is 15.1. The normalized spacial score (nSPS) is 23.0. The molecule has 0 bridgehead atoms. The molecule has 1 N–H and O–H groups in total. The van der Waals surface area contributed by atoms with Gasteiger partial charge in [0.1, 0.15) is 0 Å². The van der Waals surface area contributed by atoms with Crippen molar-refractivity contribution in [2.45, 2.75) is 85.6 Å². The molecule has 2 unspecified atom stereocenters. The van der Waals surface area contributed by atoms with Gasteiger partial charge in [0.25, 0.3) is 0 Å². The van der Waals surface area contributed by atoms with Crippen LogP contribution in [-0.4, -0.2) is 37.1 Å². The van der Waals surface area contributed by atoms with Crippen molar-refractivity contribution < 1.29 is 0 Å². The van der Waals surface area contributed by atoms with Crippen molar-refractivity contribution in [3.05, 3.63) is 0 Å². The zero-order valence-corrected chi connectivity index (χ0v) is 15.4. The van der Waals surface area contributed by atoms with Crippen molar-refractivity contribution >= 4 is 0 Å². The average molecular weight is 297 g/mol. The van der Waals surface area contributed by atoms with Gasteiger partial charge in [-0.25, -0.2) is 0 Å². The van der Waals surface area contributed by atoms with Crippen LogP contribution in [0.1, 0.15) is 79.6 Å². The number of hydrogen-bond donors (Lipinski definition) is 1. The Balaban J connectivity index is 2.37. The van der Waals surface area contributed by atoms with Crippen LogP contribution in [0, 0.1) is 11.3 Å². The fraction of sp³-hybridized carbons (Fsp3) is 1.00. The van der Waals surface area contributed by atoms with Crippen LogP contribution in [0.4, 0.5) is 0 Å². The lowest BCUT2D eigenvalue weighted by Crippen LogP contribution is -2.43. The quantitative estimate of drug-likeness (QED) is 0.699. The van der Waals surface area contributed by atoms with Crippen LogP contribution in [0.3, 0.4) is 0 Å². The smallest absolute Gasteiger partial charge is 0.0128 e. The van der Waals surface area contributed by atoms with E-state index in [1.54, 1.807) is 0 Å². The monoisotopic (exact) mass is 296 g/mol. The zero-order valence-electron chi connectivity index (χ0n) is 15.4. The summed E-state index contributed by atoms with van der Waals surface area (Å²) in [6.07, 6.45) is 9.62. The topological polar surface area (TPSA) is 15.3 Å². The first-order valence-corrected chi connectivity index (χ1v) is 9.43. The minimum Gasteiger partial charge on any atom is -0.313 e. The maximum atomic E-state index is 3.77. The Morgan fingerprint density at radius 1 is 1.10 bits per heavy atom. The van der Waals surface area contributed by atoms with Gasteiger partial charge in [-0.2, -0.15) is 0 Å². The highest BCUT2D eigenvalue weighted by Crippen LogP contribution is 2.24. The van der Waals surface area contributed by atoms with Crippen LogP contribution in [-0.2, 0) is 0 Å². The van der Waals surface area contributed by atoms with E-state index in [0.29, 0.717) is 11.5 Å². The number of nitrogens with zero attached hydrogens (tertiary/aromatic N) is 1. The van der Waals surface area contributed by atoms with E-state index in [2.05, 4.69) is 44.8 Å². The summed E-state index contributed by atoms with van der Waals surface area (Å²) < 4.78 is 0. The molecule has 1 fully saturated rings. The SMILES string of the molecule is CCCNC(CCN1CCCC(CCC)CC1)C(C)(C)C. The summed E-state index contributed by atoms with van der Waals surface area (Å²) in [5.74, 6) is 0.997. The molecular weight excluding hydrogens is 256 g/mol. The molecule has 1 heterocycles. The maximum Gasteiger partial charge on any atom is 0.0128 e. The summed E-state index contributed by atoms with van der Waals surface area (Å²) in [5, 5.41) is 3.77. The average Bonchev–Trinajstić information content (AvgIpc) is 2.63. The molecule has 0 saturated carbocycles. The van der Waals surface area contributed by atoms with Gasteiger partial charge in [-0.15, -0.1) is 0 Å². The number of nitrogens with one attached hydrogen (secondary N) is 1. The molecule has 0 aromatic carbocycles. The second-order valence-corrected chi connectivity index (χ2v) is 8.09. The molecule has 0 aliphatic carbocycles. The Bertz CT molecular complexity index is 257. The van der Waals surface area contributed by atoms with Crippen LogP contribution >= 0.6 is 0 Å². The Morgan fingerprint density at radius 2 is 1.86 bits per heavy atom. The van der Waals surface area contributed by atoms with E-state index in [-0.39, 0.29) is 0 Å². The molecule has 1 saturated heterocycles. The van der Waals surface area contributed by atoms with Gasteiger partial charge in [0.15, 0.2) is 0 Å². The molecule has 0 spiro atoms. The van der Waals surface area contributed by atoms with E-state index in [9.17, 15) is 0 Å². The molecule has 2 heteroatoms. The zero-order chi connectivity index (χ0) is 15.7. The van der Waals surface area contributed by atoms with E-state index in [1.807, 2.05) is 0 Å². The Hall–Kier alpha value is -0.0800. The van der Waals surface area contributed by atoms with E-state index in [0.717, 1.165) is 12.5 Å². The molecule has 0 amide bonds. The molecule has 1 aliphatic rings. The van der Waals surface area contributed by atoms with Crippen LogP contribution in [0.2, 0.25) is 0 Å². The van der Waals surface area contributed by atoms with E-state index >= 15 is 0 Å². The fourth-order valence-electron chi connectivity index (χ4n) is 3.62. The van der Waals surface area contributed by atoms with E-state index in [4.69, 9.17) is 0 Å². The molecule has 126 valence electrons. The molecule has 1 aliphatic heterocycles. The van der Waals surface area contributed by atoms with E-state index < -0.39 is 0 Å². The van der Waals surface area contributed by atoms with Crippen molar-refractivity contribution in [2.24, 2.45) is 11.3 Å². The molecule has 2 nitrogen and oxygen atoms in total. The standard InChI is InChI=1S/C19H40N2/c1-6-9-17-10-8-14-21(15-11-17)16-12-18(19(3,4)5)20-13-7-2/h17-18,20H,6-16H2,1-5H3. The maximum absolute atomic E-state index is 3.77. The first-order chi connectivity index (χ1) is 9.97. The molecule has 21 heavy (non-hydrogen) atoms. The summed E-state index contributed by atoms with van der Waals surface area (Å²) in [6.45, 7) is 16.8. The van der Waals surface area contributed by atoms with Gasteiger partial charge in [0.05, 0.1) is 0 Å². The third-order valence-electron chi connectivity index (χ3n) is 5.06. The van der Waals surface area contributed by atoms with Crippen molar-refractivity contribution in [3.63, 3.8) is 0 Å². The van der Waals surface area contributed by atoms with Gasteiger partial charge in [-0.3, -0.25) is 0 Å². The van der Waals surface area contributed by atoms with Gasteiger partial charge in [-0.1, -0.05) is 47.5 Å². The highest BCUT2D eigenvalue weighted by molar-refractivity contribution is 4.82. The number of likely N-dealkylation sites (tertiary alicyclic amines) is 1. The van der Waals surface area contributed by atoms with Gasteiger partial charge in [-0.05, 0) is 69.6 Å². The van der Waals surface area contributed by atoms with Gasteiger partial charge in [0, 0.05) is 6.04 Å². The lowest BCUT2D eigenvalue weighted by atomic mass is 9.84. The molecule has 0 radical (unpaired) electrons. The van der Waals surface area contributed by atoms with Crippen LogP contribution in [0.5, 0.6) is 0 Å². The van der Waals surface area contributed by atoms with Gasteiger partial charge >= 0.3 is 0 Å². The first kappa shape index (κ1) is 19.0. The molecule has 0 aromatic rings. The van der Waals surface area contributed by atoms with Crippen molar-refractivity contribution in [2.75, 3.05) is 26.2 Å². The summed E-state index contributed by atoms with van der Waals surface area (Å²) >= 11 is 0. The third kappa shape index (κ3) is 7.65. The largest absolute Gasteiger partial charge is 0.313 e. The second kappa shape index (κ2) is 9.84. The lowest BCUT2D eigenvalue weighted by molar-refractivity contribution is 0.206. The van der Waals surface area contributed by atoms with Crippen LogP contribution in [0.25, 0.3) is 0 Å². The van der Waals surface area contributed by atoms with Gasteiger partial charge in [0.2, 0.25) is 0 Å². The Morgan fingerprint density at radius 3 is 2.48 bits per heavy atom. The fourth-order valence-corrected chi connectivity index (χ4v) is 3.62. The van der Waals surface area contributed by atoms with Crippen LogP contribution < -0.4 is 5.32 Å². The summed E-state index contributed by atoms with van der Waals surface area (Å²) in [4.78, 5) is 2.72.